The van der Waals surface area contributed by atoms with Gasteiger partial charge in [-0.2, -0.15) is 0 Å². The van der Waals surface area contributed by atoms with Crippen LogP contribution in [0.4, 0.5) is 5.82 Å². The van der Waals surface area contributed by atoms with Crippen molar-refractivity contribution < 1.29 is 9.84 Å². The van der Waals surface area contributed by atoms with E-state index in [9.17, 15) is 5.11 Å². The molecule has 4 rings (SSSR count). The quantitative estimate of drug-likeness (QED) is 0.720. The minimum atomic E-state index is 0.110. The van der Waals surface area contributed by atoms with Crippen LogP contribution in [0.25, 0.3) is 22.0 Å². The number of phenols is 1. The molecule has 1 aliphatic rings. The van der Waals surface area contributed by atoms with Gasteiger partial charge in [0.25, 0.3) is 0 Å². The van der Waals surface area contributed by atoms with Gasteiger partial charge in [-0.1, -0.05) is 0 Å². The van der Waals surface area contributed by atoms with Gasteiger partial charge in [0.1, 0.15) is 17.2 Å². The summed E-state index contributed by atoms with van der Waals surface area (Å²) in [7, 11) is 3.71. The van der Waals surface area contributed by atoms with Gasteiger partial charge in [0.2, 0.25) is 0 Å². The molecule has 7 heteroatoms. The number of rotatable bonds is 4. The third kappa shape index (κ3) is 3.45. The van der Waals surface area contributed by atoms with Crippen molar-refractivity contribution in [2.24, 2.45) is 0 Å². The lowest BCUT2D eigenvalue weighted by molar-refractivity contribution is 0.261. The molecule has 0 saturated carbocycles. The highest BCUT2D eigenvalue weighted by atomic mass is 16.5. The molecule has 3 aromatic rings. The average molecular weight is 379 g/mol. The van der Waals surface area contributed by atoms with Crippen LogP contribution in [0.15, 0.2) is 30.5 Å². The third-order valence-corrected chi connectivity index (χ3v) is 5.31. The van der Waals surface area contributed by atoms with Gasteiger partial charge in [0.15, 0.2) is 5.82 Å². The fourth-order valence-electron chi connectivity index (χ4n) is 3.88. The topological polar surface area (TPSA) is 83.4 Å². The maximum Gasteiger partial charge on any atom is 0.158 e. The maximum absolute atomic E-state index is 10.5. The molecule has 1 atom stereocenters. The zero-order valence-electron chi connectivity index (χ0n) is 16.4. The number of pyridine rings is 1. The first-order valence-electron chi connectivity index (χ1n) is 9.51. The number of likely N-dealkylation sites (N-methyl/N-ethyl adjacent to an activating group) is 1. The number of aromatic hydroxyl groups is 1. The lowest BCUT2D eigenvalue weighted by Gasteiger charge is -2.30. The number of likely N-dealkylation sites (tertiary alicyclic amines) is 1. The highest BCUT2D eigenvalue weighted by Crippen LogP contribution is 2.37. The number of hydrogen-bond donors (Lipinski definition) is 2. The molecule has 0 unspecified atom stereocenters. The first kappa shape index (κ1) is 18.4. The highest BCUT2D eigenvalue weighted by molar-refractivity contribution is 6.02. The zero-order chi connectivity index (χ0) is 19.7. The molecule has 0 radical (unpaired) electrons. The van der Waals surface area contributed by atoms with E-state index in [1.807, 2.05) is 13.0 Å². The van der Waals surface area contributed by atoms with Gasteiger partial charge in [-0.25, -0.2) is 0 Å². The van der Waals surface area contributed by atoms with E-state index in [2.05, 4.69) is 32.4 Å². The Labute approximate surface area is 164 Å². The monoisotopic (exact) mass is 379 g/mol. The number of nitrogens with zero attached hydrogens (tertiary/aromatic N) is 4. The third-order valence-electron chi connectivity index (χ3n) is 5.31. The molecule has 3 heterocycles. The number of fused-ring (bicyclic) bond motifs is 1. The fourth-order valence-corrected chi connectivity index (χ4v) is 3.88. The van der Waals surface area contributed by atoms with Crippen LogP contribution >= 0.6 is 0 Å². The molecule has 0 amide bonds. The Kier molecular flexibility index (Phi) is 5.00. The summed E-state index contributed by atoms with van der Waals surface area (Å²) in [5.41, 5.74) is 2.13. The summed E-state index contributed by atoms with van der Waals surface area (Å²) in [6.07, 6.45) is 4.03. The minimum absolute atomic E-state index is 0.110. The molecule has 2 aromatic heterocycles. The van der Waals surface area contributed by atoms with Gasteiger partial charge in [-0.05, 0) is 51.6 Å². The first-order valence-corrected chi connectivity index (χ1v) is 9.51. The normalized spacial score (nSPS) is 17.6. The van der Waals surface area contributed by atoms with Crippen LogP contribution in [-0.2, 0) is 0 Å². The number of phenolic OH excluding ortho intramolecular Hbond substituents is 1. The number of piperidine rings is 1. The number of nitrogens with one attached hydrogen (secondary N) is 1. The summed E-state index contributed by atoms with van der Waals surface area (Å²) in [5.74, 6) is 1.45. The average Bonchev–Trinajstić information content (AvgIpc) is 2.68. The smallest absolute Gasteiger partial charge is 0.158 e. The summed E-state index contributed by atoms with van der Waals surface area (Å²) in [6.45, 7) is 4.07. The molecule has 1 aliphatic heterocycles. The Morgan fingerprint density at radius 1 is 1.25 bits per heavy atom. The van der Waals surface area contributed by atoms with Gasteiger partial charge < -0.3 is 20.1 Å². The van der Waals surface area contributed by atoms with Crippen molar-refractivity contribution in [2.75, 3.05) is 32.6 Å². The largest absolute Gasteiger partial charge is 0.507 e. The van der Waals surface area contributed by atoms with Gasteiger partial charge in [-0.3, -0.25) is 4.98 Å². The molecule has 2 N–H and O–H groups in total. The van der Waals surface area contributed by atoms with Crippen LogP contribution in [0.5, 0.6) is 11.5 Å². The number of hydrogen-bond acceptors (Lipinski definition) is 7. The van der Waals surface area contributed by atoms with E-state index in [1.165, 1.54) is 0 Å². The van der Waals surface area contributed by atoms with Gasteiger partial charge in [-0.15, -0.1) is 10.2 Å². The first-order chi connectivity index (χ1) is 13.6. The zero-order valence-corrected chi connectivity index (χ0v) is 16.4. The van der Waals surface area contributed by atoms with Crippen molar-refractivity contribution in [2.45, 2.75) is 25.8 Å². The van der Waals surface area contributed by atoms with E-state index in [1.54, 1.807) is 31.5 Å². The number of anilines is 1. The number of ether oxygens (including phenoxy) is 1. The Hall–Kier alpha value is -2.93. The van der Waals surface area contributed by atoms with Gasteiger partial charge >= 0.3 is 0 Å². The van der Waals surface area contributed by atoms with Crippen molar-refractivity contribution in [3.05, 3.63) is 36.2 Å². The van der Waals surface area contributed by atoms with Gasteiger partial charge in [0.05, 0.1) is 7.11 Å². The van der Waals surface area contributed by atoms with Crippen molar-refractivity contribution >= 4 is 16.6 Å². The number of aryl methyl sites for hydroxylation is 1. The van der Waals surface area contributed by atoms with Crippen LogP contribution in [-0.4, -0.2) is 58.5 Å². The predicted octanol–water partition coefficient (Wildman–Crippen LogP) is 3.22. The molecule has 0 bridgehead atoms. The van der Waals surface area contributed by atoms with E-state index in [0.717, 1.165) is 48.2 Å². The van der Waals surface area contributed by atoms with E-state index in [0.29, 0.717) is 23.0 Å². The Balaban J connectivity index is 1.80. The van der Waals surface area contributed by atoms with Crippen molar-refractivity contribution in [1.82, 2.24) is 20.1 Å². The van der Waals surface area contributed by atoms with E-state index in [-0.39, 0.29) is 5.75 Å². The van der Waals surface area contributed by atoms with Crippen molar-refractivity contribution in [1.29, 1.82) is 0 Å². The number of aromatic nitrogens is 3. The van der Waals surface area contributed by atoms with Crippen LogP contribution in [0, 0.1) is 6.92 Å². The van der Waals surface area contributed by atoms with E-state index >= 15 is 0 Å². The van der Waals surface area contributed by atoms with Crippen LogP contribution in [0.3, 0.4) is 0 Å². The fraction of sp³-hybridized carbons (Fsp3) is 0.381. The summed E-state index contributed by atoms with van der Waals surface area (Å²) in [4.78, 5) is 6.78. The maximum atomic E-state index is 10.5. The minimum Gasteiger partial charge on any atom is -0.507 e. The molecular weight excluding hydrogens is 354 g/mol. The van der Waals surface area contributed by atoms with Crippen LogP contribution in [0.2, 0.25) is 0 Å². The second-order valence-electron chi connectivity index (χ2n) is 7.34. The predicted molar refractivity (Wildman–Crippen MR) is 110 cm³/mol. The van der Waals surface area contributed by atoms with E-state index < -0.39 is 0 Å². The lowest BCUT2D eigenvalue weighted by Crippen LogP contribution is -2.40. The summed E-state index contributed by atoms with van der Waals surface area (Å²) in [5, 5.41) is 24.9. The van der Waals surface area contributed by atoms with Crippen molar-refractivity contribution in [3.8, 4) is 22.8 Å². The molecule has 1 saturated heterocycles. The summed E-state index contributed by atoms with van der Waals surface area (Å²) >= 11 is 0. The molecule has 1 aromatic carbocycles. The van der Waals surface area contributed by atoms with Crippen molar-refractivity contribution in [3.63, 3.8) is 0 Å². The molecule has 0 aliphatic carbocycles. The standard InChI is InChI=1S/C21H25N5O2/c1-13-19-17(8-9-22-13)20(16-7-6-15(28-3)11-18(16)27)24-25-21(19)23-14-5-4-10-26(2)12-14/h6-9,11,14,27H,4-5,10,12H2,1-3H3,(H,23,25)/t14-/m1/s1. The number of benzene rings is 1. The Morgan fingerprint density at radius 3 is 2.86 bits per heavy atom. The number of methoxy groups -OCH3 is 1. The Morgan fingerprint density at radius 2 is 2.11 bits per heavy atom. The second kappa shape index (κ2) is 7.59. The summed E-state index contributed by atoms with van der Waals surface area (Å²) in [6, 6.07) is 7.45. The summed E-state index contributed by atoms with van der Waals surface area (Å²) < 4.78 is 5.18. The molecular formula is C21H25N5O2. The molecule has 0 spiro atoms. The molecule has 1 fully saturated rings. The van der Waals surface area contributed by atoms with E-state index in [4.69, 9.17) is 4.74 Å². The molecule has 7 nitrogen and oxygen atoms in total. The van der Waals surface area contributed by atoms with Crippen LogP contribution < -0.4 is 10.1 Å². The Bertz CT molecular complexity index is 1010. The molecule has 28 heavy (non-hydrogen) atoms. The highest BCUT2D eigenvalue weighted by Gasteiger charge is 2.21. The van der Waals surface area contributed by atoms with Crippen LogP contribution in [0.1, 0.15) is 18.5 Å². The molecule has 146 valence electrons. The lowest BCUT2D eigenvalue weighted by atomic mass is 10.0. The van der Waals surface area contributed by atoms with Gasteiger partial charge in [0, 0.05) is 46.9 Å². The SMILES string of the molecule is COc1ccc(-c2nnc(N[C@@H]3CCCN(C)C3)c3c(C)nccc23)c(O)c1. The second-order valence-corrected chi connectivity index (χ2v) is 7.34.